The third-order valence-corrected chi connectivity index (χ3v) is 5.34. The summed E-state index contributed by atoms with van der Waals surface area (Å²) in [5.74, 6) is 0.622. The highest BCUT2D eigenvalue weighted by atomic mass is 32.2. The Hall–Kier alpha value is -1.80. The van der Waals surface area contributed by atoms with E-state index in [2.05, 4.69) is 20.2 Å². The average Bonchev–Trinajstić information content (AvgIpc) is 2.92. The van der Waals surface area contributed by atoms with E-state index in [0.717, 1.165) is 42.0 Å². The number of nitrogens with one attached hydrogen (secondary N) is 1. The summed E-state index contributed by atoms with van der Waals surface area (Å²) in [6.07, 6.45) is 3.93. The van der Waals surface area contributed by atoms with Gasteiger partial charge in [-0.05, 0) is 38.8 Å². The molecule has 0 spiro atoms. The molecule has 3 rings (SSSR count). The Morgan fingerprint density at radius 3 is 2.61 bits per heavy atom. The van der Waals surface area contributed by atoms with Crippen molar-refractivity contribution in [3.63, 3.8) is 0 Å². The minimum atomic E-state index is -3.26. The highest BCUT2D eigenvalue weighted by Gasteiger charge is 2.32. The summed E-state index contributed by atoms with van der Waals surface area (Å²) in [4.78, 5) is 8.94. The van der Waals surface area contributed by atoms with Crippen LogP contribution in [0.25, 0.3) is 11.4 Å². The minimum absolute atomic E-state index is 0.223. The molecule has 1 atom stereocenters. The SMILES string of the molecule is Cc1nc(-c2cc(C)[nH]n2)cc([C@@H]2CCCCN2S(C)(=O)=O)n1. The molecule has 1 aliphatic heterocycles. The predicted octanol–water partition coefficient (Wildman–Crippen LogP) is 1.97. The van der Waals surface area contributed by atoms with Crippen LogP contribution in [0.4, 0.5) is 0 Å². The van der Waals surface area contributed by atoms with Gasteiger partial charge < -0.3 is 0 Å². The van der Waals surface area contributed by atoms with Gasteiger partial charge in [0, 0.05) is 12.2 Å². The number of aryl methyl sites for hydroxylation is 2. The zero-order chi connectivity index (χ0) is 16.6. The van der Waals surface area contributed by atoms with E-state index in [1.54, 1.807) is 4.31 Å². The van der Waals surface area contributed by atoms with Crippen molar-refractivity contribution < 1.29 is 8.42 Å². The van der Waals surface area contributed by atoms with Crippen molar-refractivity contribution in [2.75, 3.05) is 12.8 Å². The normalized spacial score (nSPS) is 19.9. The standard InChI is InChI=1S/C15H21N5O2S/c1-10-8-13(19-18-10)12-9-14(17-11(2)16-12)15-6-4-5-7-20(15)23(3,21)22/h8-9,15H,4-7H2,1-3H3,(H,18,19)/t15-/m0/s1. The second kappa shape index (κ2) is 6.01. The van der Waals surface area contributed by atoms with E-state index in [4.69, 9.17) is 0 Å². The van der Waals surface area contributed by atoms with E-state index in [1.165, 1.54) is 6.26 Å². The van der Waals surface area contributed by atoms with Crippen LogP contribution in [0.3, 0.4) is 0 Å². The molecule has 0 unspecified atom stereocenters. The van der Waals surface area contributed by atoms with Crippen molar-refractivity contribution >= 4 is 10.0 Å². The molecule has 2 aromatic heterocycles. The molecule has 23 heavy (non-hydrogen) atoms. The second-order valence-corrected chi connectivity index (χ2v) is 7.98. The quantitative estimate of drug-likeness (QED) is 0.926. The molecule has 0 radical (unpaired) electrons. The summed E-state index contributed by atoms with van der Waals surface area (Å²) in [6, 6.07) is 3.55. The topological polar surface area (TPSA) is 91.8 Å². The van der Waals surface area contributed by atoms with Crippen LogP contribution < -0.4 is 0 Å². The van der Waals surface area contributed by atoms with Gasteiger partial charge >= 0.3 is 0 Å². The van der Waals surface area contributed by atoms with Gasteiger partial charge in [-0.25, -0.2) is 18.4 Å². The lowest BCUT2D eigenvalue weighted by Crippen LogP contribution is -2.38. The molecule has 1 N–H and O–H groups in total. The van der Waals surface area contributed by atoms with Crippen molar-refractivity contribution in [2.24, 2.45) is 0 Å². The fourth-order valence-corrected chi connectivity index (χ4v) is 4.18. The molecule has 2 aromatic rings. The Morgan fingerprint density at radius 2 is 1.96 bits per heavy atom. The molecule has 124 valence electrons. The highest BCUT2D eigenvalue weighted by Crippen LogP contribution is 2.33. The Labute approximate surface area is 136 Å². The van der Waals surface area contributed by atoms with Crippen molar-refractivity contribution in [3.8, 4) is 11.4 Å². The number of H-pyrrole nitrogens is 1. The van der Waals surface area contributed by atoms with E-state index in [1.807, 2.05) is 26.0 Å². The fraction of sp³-hybridized carbons (Fsp3) is 0.533. The Kier molecular flexibility index (Phi) is 4.20. The van der Waals surface area contributed by atoms with Gasteiger partial charge in [0.05, 0.1) is 23.7 Å². The number of hydrogen-bond acceptors (Lipinski definition) is 5. The van der Waals surface area contributed by atoms with Crippen LogP contribution in [0, 0.1) is 13.8 Å². The molecule has 0 saturated carbocycles. The smallest absolute Gasteiger partial charge is 0.211 e. The van der Waals surface area contributed by atoms with Crippen LogP contribution in [-0.2, 0) is 10.0 Å². The first-order chi connectivity index (χ1) is 10.8. The van der Waals surface area contributed by atoms with Crippen LogP contribution in [0.1, 0.15) is 42.5 Å². The molecule has 7 nitrogen and oxygen atoms in total. The molecule has 8 heteroatoms. The summed E-state index contributed by atoms with van der Waals surface area (Å²) < 4.78 is 25.7. The minimum Gasteiger partial charge on any atom is -0.282 e. The van der Waals surface area contributed by atoms with Crippen LogP contribution in [0.2, 0.25) is 0 Å². The molecule has 0 aliphatic carbocycles. The maximum atomic E-state index is 12.1. The summed E-state index contributed by atoms with van der Waals surface area (Å²) in [5, 5.41) is 7.14. The summed E-state index contributed by atoms with van der Waals surface area (Å²) in [7, 11) is -3.26. The predicted molar refractivity (Wildman–Crippen MR) is 87.2 cm³/mol. The molecular formula is C15H21N5O2S. The fourth-order valence-electron chi connectivity index (χ4n) is 3.04. The van der Waals surface area contributed by atoms with Crippen molar-refractivity contribution in [1.29, 1.82) is 0 Å². The highest BCUT2D eigenvalue weighted by molar-refractivity contribution is 7.88. The maximum Gasteiger partial charge on any atom is 0.211 e. The molecule has 0 amide bonds. The third kappa shape index (κ3) is 3.42. The van der Waals surface area contributed by atoms with Gasteiger partial charge in [-0.1, -0.05) is 6.42 Å². The molecule has 0 aromatic carbocycles. The number of nitrogens with zero attached hydrogens (tertiary/aromatic N) is 4. The number of sulfonamides is 1. The van der Waals surface area contributed by atoms with Crippen LogP contribution in [0.15, 0.2) is 12.1 Å². The van der Waals surface area contributed by atoms with Gasteiger partial charge in [0.2, 0.25) is 10.0 Å². The zero-order valence-electron chi connectivity index (χ0n) is 13.6. The van der Waals surface area contributed by atoms with Crippen molar-refractivity contribution in [3.05, 3.63) is 29.3 Å². The lowest BCUT2D eigenvalue weighted by Gasteiger charge is -2.33. The first-order valence-electron chi connectivity index (χ1n) is 7.69. The van der Waals surface area contributed by atoms with Gasteiger partial charge in [0.25, 0.3) is 0 Å². The number of rotatable bonds is 3. The van der Waals surface area contributed by atoms with Crippen LogP contribution >= 0.6 is 0 Å². The van der Waals surface area contributed by atoms with E-state index in [-0.39, 0.29) is 6.04 Å². The lowest BCUT2D eigenvalue weighted by atomic mass is 10.0. The van der Waals surface area contributed by atoms with E-state index >= 15 is 0 Å². The Morgan fingerprint density at radius 1 is 1.17 bits per heavy atom. The Bertz CT molecular complexity index is 815. The number of aromatic amines is 1. The summed E-state index contributed by atoms with van der Waals surface area (Å²) >= 11 is 0. The van der Waals surface area contributed by atoms with E-state index in [9.17, 15) is 8.42 Å². The Balaban J connectivity index is 2.03. The summed E-state index contributed by atoms with van der Waals surface area (Å²) in [5.41, 5.74) is 3.17. The van der Waals surface area contributed by atoms with E-state index in [0.29, 0.717) is 12.4 Å². The van der Waals surface area contributed by atoms with E-state index < -0.39 is 10.0 Å². The lowest BCUT2D eigenvalue weighted by molar-refractivity contribution is 0.252. The first-order valence-corrected chi connectivity index (χ1v) is 9.54. The molecule has 0 bridgehead atoms. The first kappa shape index (κ1) is 16.1. The van der Waals surface area contributed by atoms with Gasteiger partial charge in [-0.3, -0.25) is 5.10 Å². The largest absolute Gasteiger partial charge is 0.282 e. The molecule has 3 heterocycles. The van der Waals surface area contributed by atoms with Crippen molar-refractivity contribution in [2.45, 2.75) is 39.2 Å². The van der Waals surface area contributed by atoms with Gasteiger partial charge in [-0.15, -0.1) is 0 Å². The molecular weight excluding hydrogens is 314 g/mol. The molecule has 1 aliphatic rings. The number of piperidine rings is 1. The molecule has 1 saturated heterocycles. The number of hydrogen-bond donors (Lipinski definition) is 1. The van der Waals surface area contributed by atoms with Gasteiger partial charge in [0.1, 0.15) is 11.5 Å². The third-order valence-electron chi connectivity index (χ3n) is 4.05. The monoisotopic (exact) mass is 335 g/mol. The second-order valence-electron chi connectivity index (χ2n) is 6.05. The maximum absolute atomic E-state index is 12.1. The zero-order valence-corrected chi connectivity index (χ0v) is 14.4. The summed E-state index contributed by atoms with van der Waals surface area (Å²) in [6.45, 7) is 4.29. The van der Waals surface area contributed by atoms with Crippen LogP contribution in [-0.4, -0.2) is 45.7 Å². The van der Waals surface area contributed by atoms with Crippen LogP contribution in [0.5, 0.6) is 0 Å². The van der Waals surface area contributed by atoms with Gasteiger partial charge in [-0.2, -0.15) is 9.40 Å². The molecule has 1 fully saturated rings. The average molecular weight is 335 g/mol. The van der Waals surface area contributed by atoms with Crippen molar-refractivity contribution in [1.82, 2.24) is 24.5 Å². The number of aromatic nitrogens is 4. The van der Waals surface area contributed by atoms with Gasteiger partial charge in [0.15, 0.2) is 0 Å².